The molecule has 0 unspecified atom stereocenters. The van der Waals surface area contributed by atoms with Crippen molar-refractivity contribution in [2.75, 3.05) is 33.2 Å². The van der Waals surface area contributed by atoms with Crippen LogP contribution in [0.15, 0.2) is 4.99 Å². The van der Waals surface area contributed by atoms with Crippen LogP contribution in [0.4, 0.5) is 0 Å². The fourth-order valence-electron chi connectivity index (χ4n) is 3.01. The zero-order chi connectivity index (χ0) is 14.2. The SMILES string of the molecule is CCCN1CCC(NC(=NC)NCCCC2CC2)CC1. The first-order chi connectivity index (χ1) is 9.81. The van der Waals surface area contributed by atoms with Gasteiger partial charge in [-0.15, -0.1) is 0 Å². The Kier molecular flexibility index (Phi) is 6.64. The molecule has 0 atom stereocenters. The highest BCUT2D eigenvalue weighted by molar-refractivity contribution is 5.79. The van der Waals surface area contributed by atoms with Gasteiger partial charge in [0.2, 0.25) is 0 Å². The predicted molar refractivity (Wildman–Crippen MR) is 86.2 cm³/mol. The van der Waals surface area contributed by atoms with Crippen LogP contribution in [-0.2, 0) is 0 Å². The minimum Gasteiger partial charge on any atom is -0.356 e. The Morgan fingerprint density at radius 2 is 1.95 bits per heavy atom. The topological polar surface area (TPSA) is 39.7 Å². The molecule has 2 rings (SSSR count). The van der Waals surface area contributed by atoms with Gasteiger partial charge >= 0.3 is 0 Å². The van der Waals surface area contributed by atoms with Crippen molar-refractivity contribution in [3.63, 3.8) is 0 Å². The van der Waals surface area contributed by atoms with E-state index in [-0.39, 0.29) is 0 Å². The monoisotopic (exact) mass is 280 g/mol. The van der Waals surface area contributed by atoms with E-state index in [4.69, 9.17) is 0 Å². The summed E-state index contributed by atoms with van der Waals surface area (Å²) in [4.78, 5) is 6.92. The first kappa shape index (κ1) is 15.6. The van der Waals surface area contributed by atoms with Gasteiger partial charge in [0.1, 0.15) is 0 Å². The van der Waals surface area contributed by atoms with E-state index in [0.717, 1.165) is 18.4 Å². The first-order valence-corrected chi connectivity index (χ1v) is 8.51. The fraction of sp³-hybridized carbons (Fsp3) is 0.938. The molecule has 4 heteroatoms. The van der Waals surface area contributed by atoms with Gasteiger partial charge in [-0.2, -0.15) is 0 Å². The molecule has 0 aromatic heterocycles. The number of rotatable bonds is 7. The van der Waals surface area contributed by atoms with Gasteiger partial charge in [0, 0.05) is 32.7 Å². The molecule has 0 amide bonds. The average Bonchev–Trinajstić information content (AvgIpc) is 3.28. The van der Waals surface area contributed by atoms with Crippen LogP contribution >= 0.6 is 0 Å². The van der Waals surface area contributed by atoms with E-state index in [1.807, 2.05) is 7.05 Å². The molecular formula is C16H32N4. The van der Waals surface area contributed by atoms with Crippen LogP contribution in [0.3, 0.4) is 0 Å². The number of guanidine groups is 1. The highest BCUT2D eigenvalue weighted by atomic mass is 15.2. The minimum absolute atomic E-state index is 0.595. The van der Waals surface area contributed by atoms with E-state index in [2.05, 4.69) is 27.4 Å². The van der Waals surface area contributed by atoms with E-state index in [0.29, 0.717) is 6.04 Å². The standard InChI is InChI=1S/C16H32N4/c1-3-11-20-12-8-15(9-13-20)19-16(17-2)18-10-4-5-14-6-7-14/h14-15H,3-13H2,1-2H3,(H2,17,18,19). The molecule has 0 aromatic rings. The molecule has 1 aliphatic carbocycles. The second-order valence-electron chi connectivity index (χ2n) is 6.34. The summed E-state index contributed by atoms with van der Waals surface area (Å²) >= 11 is 0. The molecule has 1 saturated heterocycles. The van der Waals surface area contributed by atoms with Crippen molar-refractivity contribution in [3.8, 4) is 0 Å². The molecule has 1 heterocycles. The largest absolute Gasteiger partial charge is 0.356 e. The molecule has 0 aromatic carbocycles. The van der Waals surface area contributed by atoms with Crippen LogP contribution in [0.25, 0.3) is 0 Å². The summed E-state index contributed by atoms with van der Waals surface area (Å²) in [7, 11) is 1.88. The summed E-state index contributed by atoms with van der Waals surface area (Å²) in [5.74, 6) is 2.03. The normalized spacial score (nSPS) is 22.0. The van der Waals surface area contributed by atoms with Gasteiger partial charge in [-0.25, -0.2) is 0 Å². The highest BCUT2D eigenvalue weighted by Gasteiger charge is 2.21. The molecular weight excluding hydrogens is 248 g/mol. The van der Waals surface area contributed by atoms with Crippen molar-refractivity contribution in [2.24, 2.45) is 10.9 Å². The van der Waals surface area contributed by atoms with Gasteiger partial charge < -0.3 is 15.5 Å². The van der Waals surface area contributed by atoms with Crippen molar-refractivity contribution >= 4 is 5.96 Å². The van der Waals surface area contributed by atoms with Crippen LogP contribution in [0.2, 0.25) is 0 Å². The molecule has 0 bridgehead atoms. The Hall–Kier alpha value is -0.770. The highest BCUT2D eigenvalue weighted by Crippen LogP contribution is 2.33. The number of hydrogen-bond donors (Lipinski definition) is 2. The summed E-state index contributed by atoms with van der Waals surface area (Å²) in [6, 6.07) is 0.595. The Morgan fingerprint density at radius 1 is 1.20 bits per heavy atom. The zero-order valence-electron chi connectivity index (χ0n) is 13.3. The molecule has 1 aliphatic heterocycles. The summed E-state index contributed by atoms with van der Waals surface area (Å²) < 4.78 is 0. The number of hydrogen-bond acceptors (Lipinski definition) is 2. The maximum Gasteiger partial charge on any atom is 0.191 e. The van der Waals surface area contributed by atoms with Gasteiger partial charge in [-0.05, 0) is 44.6 Å². The van der Waals surface area contributed by atoms with Gasteiger partial charge in [-0.1, -0.05) is 19.8 Å². The van der Waals surface area contributed by atoms with Gasteiger partial charge in [0.05, 0.1) is 0 Å². The van der Waals surface area contributed by atoms with Crippen LogP contribution in [0.5, 0.6) is 0 Å². The number of piperidine rings is 1. The third-order valence-corrected chi connectivity index (χ3v) is 4.47. The number of aliphatic imine (C=N–C) groups is 1. The quantitative estimate of drug-likeness (QED) is 0.427. The zero-order valence-corrected chi connectivity index (χ0v) is 13.3. The third kappa shape index (κ3) is 5.70. The summed E-state index contributed by atoms with van der Waals surface area (Å²) in [5.41, 5.74) is 0. The van der Waals surface area contributed by atoms with Crippen LogP contribution in [0, 0.1) is 5.92 Å². The first-order valence-electron chi connectivity index (χ1n) is 8.51. The van der Waals surface area contributed by atoms with Crippen molar-refractivity contribution < 1.29 is 0 Å². The van der Waals surface area contributed by atoms with Gasteiger partial charge in [-0.3, -0.25) is 4.99 Å². The number of likely N-dealkylation sites (tertiary alicyclic amines) is 1. The van der Waals surface area contributed by atoms with Crippen LogP contribution < -0.4 is 10.6 Å². The fourth-order valence-corrected chi connectivity index (χ4v) is 3.01. The van der Waals surface area contributed by atoms with Crippen molar-refractivity contribution in [3.05, 3.63) is 0 Å². The molecule has 4 nitrogen and oxygen atoms in total. The number of nitrogens with zero attached hydrogens (tertiary/aromatic N) is 2. The molecule has 2 aliphatic rings. The summed E-state index contributed by atoms with van der Waals surface area (Å²) in [6.45, 7) is 7.03. The third-order valence-electron chi connectivity index (χ3n) is 4.47. The van der Waals surface area contributed by atoms with E-state index in [9.17, 15) is 0 Å². The lowest BCUT2D eigenvalue weighted by Crippen LogP contribution is -2.48. The lowest BCUT2D eigenvalue weighted by atomic mass is 10.1. The Bertz CT molecular complexity index is 291. The molecule has 2 fully saturated rings. The molecule has 2 N–H and O–H groups in total. The molecule has 0 spiro atoms. The van der Waals surface area contributed by atoms with Crippen LogP contribution in [-0.4, -0.2) is 50.1 Å². The number of nitrogens with one attached hydrogen (secondary N) is 2. The van der Waals surface area contributed by atoms with Crippen molar-refractivity contribution in [1.29, 1.82) is 0 Å². The van der Waals surface area contributed by atoms with E-state index in [1.54, 1.807) is 0 Å². The molecule has 1 saturated carbocycles. The Morgan fingerprint density at radius 3 is 2.55 bits per heavy atom. The Labute approximate surface area is 124 Å². The van der Waals surface area contributed by atoms with E-state index in [1.165, 1.54) is 64.6 Å². The minimum atomic E-state index is 0.595. The molecule has 20 heavy (non-hydrogen) atoms. The Balaban J connectivity index is 1.58. The predicted octanol–water partition coefficient (Wildman–Crippen LogP) is 2.22. The van der Waals surface area contributed by atoms with E-state index >= 15 is 0 Å². The smallest absolute Gasteiger partial charge is 0.191 e. The van der Waals surface area contributed by atoms with E-state index < -0.39 is 0 Å². The van der Waals surface area contributed by atoms with Crippen molar-refractivity contribution in [1.82, 2.24) is 15.5 Å². The second-order valence-corrected chi connectivity index (χ2v) is 6.34. The summed E-state index contributed by atoms with van der Waals surface area (Å²) in [5, 5.41) is 7.05. The molecule has 116 valence electrons. The van der Waals surface area contributed by atoms with Crippen molar-refractivity contribution in [2.45, 2.75) is 57.9 Å². The maximum atomic E-state index is 4.35. The lowest BCUT2D eigenvalue weighted by Gasteiger charge is -2.32. The van der Waals surface area contributed by atoms with Gasteiger partial charge in [0.15, 0.2) is 5.96 Å². The summed E-state index contributed by atoms with van der Waals surface area (Å²) in [6.07, 6.45) is 9.33. The van der Waals surface area contributed by atoms with Gasteiger partial charge in [0.25, 0.3) is 0 Å². The van der Waals surface area contributed by atoms with Crippen LogP contribution in [0.1, 0.15) is 51.9 Å². The average molecular weight is 280 g/mol. The maximum absolute atomic E-state index is 4.35. The lowest BCUT2D eigenvalue weighted by molar-refractivity contribution is 0.206. The molecule has 0 radical (unpaired) electrons. The second kappa shape index (κ2) is 8.50.